The normalized spacial score (nSPS) is 16.1. The molecular formula is C22H24N4O4. The Morgan fingerprint density at radius 2 is 1.97 bits per heavy atom. The fraction of sp³-hybridized carbons (Fsp3) is 0.364. The summed E-state index contributed by atoms with van der Waals surface area (Å²) >= 11 is 0. The molecule has 1 fully saturated rings. The molecule has 0 bridgehead atoms. The third-order valence-electron chi connectivity index (χ3n) is 4.89. The highest BCUT2D eigenvalue weighted by Gasteiger charge is 2.34. The second-order valence-electron chi connectivity index (χ2n) is 7.00. The summed E-state index contributed by atoms with van der Waals surface area (Å²) in [5.74, 6) is 2.27. The van der Waals surface area contributed by atoms with Crippen LogP contribution in [0.25, 0.3) is 11.6 Å². The molecule has 1 aromatic carbocycles. The molecule has 1 aliphatic heterocycles. The first-order valence-electron chi connectivity index (χ1n) is 10.1. The van der Waals surface area contributed by atoms with Gasteiger partial charge in [-0.2, -0.15) is 4.98 Å². The number of carbonyl (C=O) groups excluding carboxylic acids is 1. The summed E-state index contributed by atoms with van der Waals surface area (Å²) in [6.45, 7) is 6.01. The van der Waals surface area contributed by atoms with E-state index in [-0.39, 0.29) is 11.8 Å². The molecule has 1 aliphatic rings. The van der Waals surface area contributed by atoms with E-state index < -0.39 is 0 Å². The summed E-state index contributed by atoms with van der Waals surface area (Å²) in [6, 6.07) is 11.3. The van der Waals surface area contributed by atoms with Crippen molar-refractivity contribution in [3.8, 4) is 23.1 Å². The topological polar surface area (TPSA) is 90.6 Å². The maximum atomic E-state index is 12.6. The van der Waals surface area contributed by atoms with E-state index in [1.165, 1.54) is 0 Å². The highest BCUT2D eigenvalue weighted by molar-refractivity contribution is 5.79. The van der Waals surface area contributed by atoms with E-state index in [2.05, 4.69) is 15.1 Å². The van der Waals surface area contributed by atoms with Gasteiger partial charge in [-0.3, -0.25) is 9.78 Å². The van der Waals surface area contributed by atoms with Gasteiger partial charge < -0.3 is 18.9 Å². The Labute approximate surface area is 174 Å². The molecule has 8 heteroatoms. The van der Waals surface area contributed by atoms with Crippen LogP contribution in [0, 0.1) is 0 Å². The molecular weight excluding hydrogens is 384 g/mol. The largest absolute Gasteiger partial charge is 0.490 e. The van der Waals surface area contributed by atoms with Gasteiger partial charge >= 0.3 is 0 Å². The average molecular weight is 408 g/mol. The lowest BCUT2D eigenvalue weighted by atomic mass is 10.1. The molecule has 30 heavy (non-hydrogen) atoms. The van der Waals surface area contributed by atoms with Crippen LogP contribution in [-0.2, 0) is 11.3 Å². The monoisotopic (exact) mass is 408 g/mol. The standard InChI is InChI=1S/C22H24N4O4/c1-3-28-18-9-8-15(11-19(18)29-4-2)13-26-14-16(12-20(26)27)21-24-22(30-25-21)17-7-5-6-10-23-17/h5-11,16H,3-4,12-14H2,1-2H3. The molecule has 4 rings (SSSR count). The van der Waals surface area contributed by atoms with Crippen LogP contribution in [0.15, 0.2) is 47.1 Å². The van der Waals surface area contributed by atoms with Crippen molar-refractivity contribution in [2.24, 2.45) is 0 Å². The molecule has 1 saturated heterocycles. The number of rotatable bonds is 8. The molecule has 1 amide bonds. The summed E-state index contributed by atoms with van der Waals surface area (Å²) in [6.07, 6.45) is 2.03. The third-order valence-corrected chi connectivity index (χ3v) is 4.89. The maximum absolute atomic E-state index is 12.6. The molecule has 8 nitrogen and oxygen atoms in total. The van der Waals surface area contributed by atoms with Gasteiger partial charge in [-0.15, -0.1) is 0 Å². The molecule has 2 aromatic heterocycles. The van der Waals surface area contributed by atoms with Crippen LogP contribution in [-0.4, -0.2) is 45.7 Å². The van der Waals surface area contributed by atoms with Crippen molar-refractivity contribution >= 4 is 5.91 Å². The van der Waals surface area contributed by atoms with Gasteiger partial charge in [-0.05, 0) is 43.7 Å². The van der Waals surface area contributed by atoms with Crippen LogP contribution in [0.5, 0.6) is 11.5 Å². The number of amides is 1. The van der Waals surface area contributed by atoms with Crippen LogP contribution in [0.2, 0.25) is 0 Å². The molecule has 1 atom stereocenters. The molecule has 1 unspecified atom stereocenters. The van der Waals surface area contributed by atoms with E-state index in [0.717, 1.165) is 5.56 Å². The van der Waals surface area contributed by atoms with Gasteiger partial charge in [0.05, 0.1) is 13.2 Å². The minimum absolute atomic E-state index is 0.0658. The SMILES string of the molecule is CCOc1ccc(CN2CC(c3noc(-c4ccccn4)n3)CC2=O)cc1OCC. The summed E-state index contributed by atoms with van der Waals surface area (Å²) in [4.78, 5) is 23.1. The summed E-state index contributed by atoms with van der Waals surface area (Å²) in [5, 5.41) is 4.08. The first-order chi connectivity index (χ1) is 14.7. The highest BCUT2D eigenvalue weighted by atomic mass is 16.5. The first kappa shape index (κ1) is 19.9. The van der Waals surface area contributed by atoms with Crippen molar-refractivity contribution in [3.63, 3.8) is 0 Å². The zero-order valence-corrected chi connectivity index (χ0v) is 17.1. The number of nitrogens with zero attached hydrogens (tertiary/aromatic N) is 4. The van der Waals surface area contributed by atoms with Crippen LogP contribution >= 0.6 is 0 Å². The van der Waals surface area contributed by atoms with Crippen LogP contribution < -0.4 is 9.47 Å². The second-order valence-corrected chi connectivity index (χ2v) is 7.00. The van der Waals surface area contributed by atoms with Crippen LogP contribution in [0.1, 0.15) is 37.6 Å². The molecule has 156 valence electrons. The molecule has 3 heterocycles. The summed E-state index contributed by atoms with van der Waals surface area (Å²) < 4.78 is 16.6. The van der Waals surface area contributed by atoms with Gasteiger partial charge in [-0.25, -0.2) is 0 Å². The van der Waals surface area contributed by atoms with Crippen molar-refractivity contribution < 1.29 is 18.8 Å². The number of hydrogen-bond acceptors (Lipinski definition) is 7. The average Bonchev–Trinajstić information content (AvgIpc) is 3.38. The molecule has 0 spiro atoms. The number of benzene rings is 1. The predicted octanol–water partition coefficient (Wildman–Crippen LogP) is 3.45. The number of likely N-dealkylation sites (tertiary alicyclic amines) is 1. The second kappa shape index (κ2) is 8.94. The van der Waals surface area contributed by atoms with Crippen LogP contribution in [0.3, 0.4) is 0 Å². The first-order valence-corrected chi connectivity index (χ1v) is 10.1. The zero-order chi connectivity index (χ0) is 20.9. The predicted molar refractivity (Wildman–Crippen MR) is 109 cm³/mol. The van der Waals surface area contributed by atoms with E-state index in [9.17, 15) is 4.79 Å². The summed E-state index contributed by atoms with van der Waals surface area (Å²) in [5.41, 5.74) is 1.61. The third kappa shape index (κ3) is 4.27. The number of pyridine rings is 1. The zero-order valence-electron chi connectivity index (χ0n) is 17.1. The van der Waals surface area contributed by atoms with Gasteiger partial charge in [0.15, 0.2) is 17.3 Å². The number of aromatic nitrogens is 3. The van der Waals surface area contributed by atoms with Gasteiger partial charge in [0.1, 0.15) is 5.69 Å². The lowest BCUT2D eigenvalue weighted by Gasteiger charge is -2.18. The van der Waals surface area contributed by atoms with Crippen LogP contribution in [0.4, 0.5) is 0 Å². The van der Waals surface area contributed by atoms with Crippen molar-refractivity contribution in [3.05, 3.63) is 54.0 Å². The van der Waals surface area contributed by atoms with E-state index in [1.807, 2.05) is 55.1 Å². The van der Waals surface area contributed by atoms with E-state index in [4.69, 9.17) is 14.0 Å². The fourth-order valence-electron chi connectivity index (χ4n) is 3.51. The van der Waals surface area contributed by atoms with Gasteiger partial charge in [0.25, 0.3) is 5.89 Å². The lowest BCUT2D eigenvalue weighted by Crippen LogP contribution is -2.24. The van der Waals surface area contributed by atoms with E-state index in [1.54, 1.807) is 6.20 Å². The Morgan fingerprint density at radius 1 is 1.13 bits per heavy atom. The smallest absolute Gasteiger partial charge is 0.276 e. The fourth-order valence-corrected chi connectivity index (χ4v) is 3.51. The number of hydrogen-bond donors (Lipinski definition) is 0. The number of ether oxygens (including phenoxy) is 2. The molecule has 0 saturated carbocycles. The van der Waals surface area contributed by atoms with Crippen molar-refractivity contribution in [2.75, 3.05) is 19.8 Å². The lowest BCUT2D eigenvalue weighted by molar-refractivity contribution is -0.128. The quantitative estimate of drug-likeness (QED) is 0.564. The molecule has 0 aliphatic carbocycles. The highest BCUT2D eigenvalue weighted by Crippen LogP contribution is 2.32. The Bertz CT molecular complexity index is 1010. The minimum Gasteiger partial charge on any atom is -0.490 e. The Balaban J connectivity index is 1.45. The van der Waals surface area contributed by atoms with Crippen molar-refractivity contribution in [1.82, 2.24) is 20.0 Å². The minimum atomic E-state index is -0.104. The Morgan fingerprint density at radius 3 is 2.73 bits per heavy atom. The Hall–Kier alpha value is -3.42. The van der Waals surface area contributed by atoms with Crippen molar-refractivity contribution in [1.29, 1.82) is 0 Å². The van der Waals surface area contributed by atoms with Gasteiger partial charge in [0, 0.05) is 31.6 Å². The molecule has 0 radical (unpaired) electrons. The summed E-state index contributed by atoms with van der Waals surface area (Å²) in [7, 11) is 0. The van der Waals surface area contributed by atoms with Gasteiger partial charge in [0.2, 0.25) is 5.91 Å². The van der Waals surface area contributed by atoms with E-state index >= 15 is 0 Å². The number of carbonyl (C=O) groups is 1. The van der Waals surface area contributed by atoms with Crippen molar-refractivity contribution in [2.45, 2.75) is 32.7 Å². The molecule has 0 N–H and O–H groups in total. The van der Waals surface area contributed by atoms with E-state index in [0.29, 0.717) is 61.6 Å². The van der Waals surface area contributed by atoms with Gasteiger partial charge in [-0.1, -0.05) is 17.3 Å². The molecule has 3 aromatic rings. The Kier molecular flexibility index (Phi) is 5.92. The maximum Gasteiger partial charge on any atom is 0.276 e.